The third-order valence-corrected chi connectivity index (χ3v) is 0.880. The van der Waals surface area contributed by atoms with E-state index in [1.807, 2.05) is 0 Å². The van der Waals surface area contributed by atoms with Crippen LogP contribution in [-0.2, 0) is 15.2 Å². The quantitative estimate of drug-likeness (QED) is 0.361. The van der Waals surface area contributed by atoms with Crippen LogP contribution in [0.25, 0.3) is 0 Å². The molecule has 0 aromatic heterocycles. The third-order valence-electron chi connectivity index (χ3n) is 0.880. The summed E-state index contributed by atoms with van der Waals surface area (Å²) in [5.74, 6) is 0.557. The lowest BCUT2D eigenvalue weighted by Crippen LogP contribution is -2.18. The molecule has 0 rings (SSSR count). The van der Waals surface area contributed by atoms with Crippen LogP contribution in [0.5, 0.6) is 0 Å². The van der Waals surface area contributed by atoms with Crippen molar-refractivity contribution in [2.45, 2.75) is 13.8 Å². The molecule has 0 amide bonds. The number of aldehydes is 1. The minimum absolute atomic E-state index is 0.462. The Morgan fingerprint density at radius 2 is 1.86 bits per heavy atom. The van der Waals surface area contributed by atoms with Gasteiger partial charge >= 0.3 is 10.4 Å². The summed E-state index contributed by atoms with van der Waals surface area (Å²) in [5, 5.41) is 2.87. The topological polar surface area (TPSA) is 104 Å². The minimum Gasteiger partial charge on any atom is -0.383 e. The monoisotopic (exact) mass is 225 g/mol. The molecular formula is C7H15NO5S. The van der Waals surface area contributed by atoms with E-state index in [1.165, 1.54) is 0 Å². The molecule has 0 aromatic carbocycles. The van der Waals surface area contributed by atoms with Gasteiger partial charge in [-0.2, -0.15) is 8.42 Å². The molecule has 0 saturated heterocycles. The smallest absolute Gasteiger partial charge is 0.383 e. The summed E-state index contributed by atoms with van der Waals surface area (Å²) in [6.45, 7) is 8.43. The average molecular weight is 225 g/mol. The Balaban J connectivity index is 0. The van der Waals surface area contributed by atoms with Gasteiger partial charge in [-0.25, -0.2) is 0 Å². The molecule has 0 radical (unpaired) electrons. The molecule has 14 heavy (non-hydrogen) atoms. The van der Waals surface area contributed by atoms with E-state index in [9.17, 15) is 4.79 Å². The second-order valence-corrected chi connectivity index (χ2v) is 3.76. The Labute approximate surface area is 83.6 Å². The van der Waals surface area contributed by atoms with Crippen LogP contribution in [0.3, 0.4) is 0 Å². The van der Waals surface area contributed by atoms with Gasteiger partial charge in [0, 0.05) is 6.54 Å². The summed E-state index contributed by atoms with van der Waals surface area (Å²) in [6.07, 6.45) is 0.725. The van der Waals surface area contributed by atoms with Crippen LogP contribution in [0, 0.1) is 5.92 Å². The zero-order chi connectivity index (χ0) is 11.8. The lowest BCUT2D eigenvalue weighted by Gasteiger charge is -2.05. The van der Waals surface area contributed by atoms with Crippen molar-refractivity contribution >= 4 is 16.7 Å². The Hall–Kier alpha value is -0.920. The number of rotatable bonds is 4. The maximum Gasteiger partial charge on any atom is 0.394 e. The number of carbonyl (C=O) groups excluding carboxylic acids is 1. The number of nitrogens with one attached hydrogen (secondary N) is 1. The Morgan fingerprint density at radius 3 is 2.07 bits per heavy atom. The predicted octanol–water partition coefficient (Wildman–Crippen LogP) is 0.292. The predicted molar refractivity (Wildman–Crippen MR) is 52.2 cm³/mol. The number of hydrogen-bond donors (Lipinski definition) is 3. The lowest BCUT2D eigenvalue weighted by atomic mass is 10.2. The average Bonchev–Trinajstić information content (AvgIpc) is 1.96. The third kappa shape index (κ3) is 30.5. The van der Waals surface area contributed by atoms with Gasteiger partial charge in [0.05, 0.1) is 5.70 Å². The molecule has 0 fully saturated rings. The van der Waals surface area contributed by atoms with Crippen LogP contribution in [0.15, 0.2) is 12.3 Å². The Bertz CT molecular complexity index is 262. The molecule has 0 unspecified atom stereocenters. The molecule has 0 spiro atoms. The van der Waals surface area contributed by atoms with Gasteiger partial charge in [-0.3, -0.25) is 13.9 Å². The van der Waals surface area contributed by atoms with Gasteiger partial charge in [0.15, 0.2) is 6.29 Å². The fraction of sp³-hybridized carbons (Fsp3) is 0.571. The van der Waals surface area contributed by atoms with E-state index in [0.29, 0.717) is 11.6 Å². The molecule has 7 heteroatoms. The van der Waals surface area contributed by atoms with Gasteiger partial charge < -0.3 is 5.32 Å². The van der Waals surface area contributed by atoms with Crippen molar-refractivity contribution in [1.29, 1.82) is 0 Å². The fourth-order valence-corrected chi connectivity index (χ4v) is 0.377. The van der Waals surface area contributed by atoms with Crippen LogP contribution in [0.2, 0.25) is 0 Å². The highest BCUT2D eigenvalue weighted by atomic mass is 32.3. The summed E-state index contributed by atoms with van der Waals surface area (Å²) >= 11 is 0. The molecule has 0 saturated carbocycles. The van der Waals surface area contributed by atoms with Crippen molar-refractivity contribution in [3.05, 3.63) is 12.3 Å². The SMILES string of the molecule is C=C(C=O)NCC(C)C.O=S(=O)(O)O. The normalized spacial score (nSPS) is 10.1. The van der Waals surface area contributed by atoms with Crippen molar-refractivity contribution in [3.63, 3.8) is 0 Å². The summed E-state index contributed by atoms with van der Waals surface area (Å²) in [7, 11) is -4.67. The zero-order valence-corrected chi connectivity index (χ0v) is 8.91. The standard InChI is InChI=1S/C7H13NO.H2O4S/c1-6(2)4-8-7(3)5-9;1-5(2,3)4/h5-6,8H,3-4H2,1-2H3;(H2,1,2,3,4). The van der Waals surface area contributed by atoms with Gasteiger partial charge in [0.1, 0.15) is 0 Å². The highest BCUT2D eigenvalue weighted by Crippen LogP contribution is 1.88. The molecule has 84 valence electrons. The molecule has 0 heterocycles. The van der Waals surface area contributed by atoms with E-state index in [-0.39, 0.29) is 0 Å². The van der Waals surface area contributed by atoms with Crippen LogP contribution >= 0.6 is 0 Å². The highest BCUT2D eigenvalue weighted by molar-refractivity contribution is 7.79. The number of allylic oxidation sites excluding steroid dienone is 1. The molecule has 0 bridgehead atoms. The van der Waals surface area contributed by atoms with Gasteiger partial charge in [-0.1, -0.05) is 20.4 Å². The minimum atomic E-state index is -4.67. The van der Waals surface area contributed by atoms with E-state index < -0.39 is 10.4 Å². The second kappa shape index (κ2) is 7.48. The summed E-state index contributed by atoms with van der Waals surface area (Å²) in [5.41, 5.74) is 0.462. The summed E-state index contributed by atoms with van der Waals surface area (Å²) in [6, 6.07) is 0. The van der Waals surface area contributed by atoms with E-state index in [2.05, 4.69) is 25.7 Å². The molecule has 6 nitrogen and oxygen atoms in total. The zero-order valence-electron chi connectivity index (χ0n) is 8.10. The van der Waals surface area contributed by atoms with Crippen molar-refractivity contribution < 1.29 is 22.3 Å². The molecule has 0 aliphatic heterocycles. The van der Waals surface area contributed by atoms with Crippen LogP contribution in [0.1, 0.15) is 13.8 Å². The first kappa shape index (κ1) is 15.5. The van der Waals surface area contributed by atoms with Crippen LogP contribution in [0.4, 0.5) is 0 Å². The molecule has 0 atom stereocenters. The van der Waals surface area contributed by atoms with Crippen molar-refractivity contribution in [2.24, 2.45) is 5.92 Å². The van der Waals surface area contributed by atoms with Gasteiger partial charge in [-0.15, -0.1) is 0 Å². The Morgan fingerprint density at radius 1 is 1.50 bits per heavy atom. The van der Waals surface area contributed by atoms with Gasteiger partial charge in [-0.05, 0) is 5.92 Å². The molecular weight excluding hydrogens is 210 g/mol. The van der Waals surface area contributed by atoms with E-state index in [4.69, 9.17) is 17.5 Å². The van der Waals surface area contributed by atoms with Crippen molar-refractivity contribution in [1.82, 2.24) is 5.32 Å². The largest absolute Gasteiger partial charge is 0.394 e. The molecule has 3 N–H and O–H groups in total. The highest BCUT2D eigenvalue weighted by Gasteiger charge is 1.92. The van der Waals surface area contributed by atoms with Crippen LogP contribution in [-0.4, -0.2) is 30.4 Å². The second-order valence-electron chi connectivity index (χ2n) is 2.87. The molecule has 0 aromatic rings. The maximum absolute atomic E-state index is 9.96. The van der Waals surface area contributed by atoms with E-state index >= 15 is 0 Å². The first-order valence-electron chi connectivity index (χ1n) is 3.74. The fourth-order valence-electron chi connectivity index (χ4n) is 0.377. The molecule has 0 aliphatic rings. The maximum atomic E-state index is 9.96. The summed E-state index contributed by atoms with van der Waals surface area (Å²) < 4.78 is 31.6. The Kier molecular flexibility index (Phi) is 8.31. The van der Waals surface area contributed by atoms with E-state index in [0.717, 1.165) is 12.8 Å². The van der Waals surface area contributed by atoms with Gasteiger partial charge in [0.2, 0.25) is 0 Å². The van der Waals surface area contributed by atoms with Gasteiger partial charge in [0.25, 0.3) is 0 Å². The lowest BCUT2D eigenvalue weighted by molar-refractivity contribution is -0.105. The number of carbonyl (C=O) groups is 1. The molecule has 0 aliphatic carbocycles. The van der Waals surface area contributed by atoms with Crippen molar-refractivity contribution in [3.8, 4) is 0 Å². The first-order valence-corrected chi connectivity index (χ1v) is 5.14. The van der Waals surface area contributed by atoms with Crippen LogP contribution < -0.4 is 5.32 Å². The number of hydrogen-bond acceptors (Lipinski definition) is 4. The van der Waals surface area contributed by atoms with Crippen molar-refractivity contribution in [2.75, 3.05) is 6.54 Å². The first-order chi connectivity index (χ1) is 6.16. The summed E-state index contributed by atoms with van der Waals surface area (Å²) in [4.78, 5) is 9.96. The van der Waals surface area contributed by atoms with E-state index in [1.54, 1.807) is 0 Å².